The van der Waals surface area contributed by atoms with Crippen LogP contribution in [0.5, 0.6) is 0 Å². The summed E-state index contributed by atoms with van der Waals surface area (Å²) in [4.78, 5) is 15.3. The molecule has 2 saturated heterocycles. The summed E-state index contributed by atoms with van der Waals surface area (Å²) in [5.41, 5.74) is 8.18. The van der Waals surface area contributed by atoms with Gasteiger partial charge in [-0.1, -0.05) is 5.11 Å². The number of hydrogen-bond acceptors (Lipinski definition) is 3. The SMILES string of the molecule is [N-]=[N+]=NC1C[C@H]2COC(=O)N2C1. The van der Waals surface area contributed by atoms with Gasteiger partial charge >= 0.3 is 6.09 Å². The lowest BCUT2D eigenvalue weighted by atomic mass is 10.2. The van der Waals surface area contributed by atoms with Crippen LogP contribution in [-0.2, 0) is 4.74 Å². The summed E-state index contributed by atoms with van der Waals surface area (Å²) in [6, 6.07) is 0.0702. The van der Waals surface area contributed by atoms with Crippen molar-refractivity contribution in [1.29, 1.82) is 0 Å². The Morgan fingerprint density at radius 2 is 2.58 bits per heavy atom. The van der Waals surface area contributed by atoms with Crippen molar-refractivity contribution in [2.24, 2.45) is 5.11 Å². The molecule has 0 saturated carbocycles. The van der Waals surface area contributed by atoms with Gasteiger partial charge in [-0.15, -0.1) is 0 Å². The van der Waals surface area contributed by atoms with E-state index in [4.69, 9.17) is 10.3 Å². The Labute approximate surface area is 68.7 Å². The summed E-state index contributed by atoms with van der Waals surface area (Å²) in [7, 11) is 0. The summed E-state index contributed by atoms with van der Waals surface area (Å²) in [5.74, 6) is 0. The second kappa shape index (κ2) is 2.57. The number of carbonyl (C=O) groups is 1. The molecule has 2 aliphatic heterocycles. The fourth-order valence-electron chi connectivity index (χ4n) is 1.68. The first-order chi connectivity index (χ1) is 5.81. The predicted octanol–water partition coefficient (Wildman–Crippen LogP) is 0.890. The number of fused-ring (bicyclic) bond motifs is 1. The second-order valence-corrected chi connectivity index (χ2v) is 2.98. The van der Waals surface area contributed by atoms with E-state index >= 15 is 0 Å². The normalized spacial score (nSPS) is 32.7. The van der Waals surface area contributed by atoms with Crippen molar-refractivity contribution in [3.63, 3.8) is 0 Å². The lowest BCUT2D eigenvalue weighted by molar-refractivity contribution is 0.158. The molecule has 12 heavy (non-hydrogen) atoms. The maximum Gasteiger partial charge on any atom is 0.410 e. The topological polar surface area (TPSA) is 78.3 Å². The first-order valence-electron chi connectivity index (χ1n) is 3.79. The minimum atomic E-state index is -0.282. The lowest BCUT2D eigenvalue weighted by Crippen LogP contribution is -2.27. The van der Waals surface area contributed by atoms with E-state index in [0.717, 1.165) is 6.42 Å². The maximum absolute atomic E-state index is 11.0. The molecule has 0 aliphatic carbocycles. The third kappa shape index (κ3) is 0.967. The highest BCUT2D eigenvalue weighted by Gasteiger charge is 2.40. The maximum atomic E-state index is 11.0. The molecule has 0 spiro atoms. The van der Waals surface area contributed by atoms with Crippen molar-refractivity contribution in [2.45, 2.75) is 18.5 Å². The Balaban J connectivity index is 2.07. The molecule has 2 aliphatic rings. The summed E-state index contributed by atoms with van der Waals surface area (Å²) in [5, 5.41) is 3.57. The largest absolute Gasteiger partial charge is 0.447 e. The Morgan fingerprint density at radius 1 is 1.75 bits per heavy atom. The smallest absolute Gasteiger partial charge is 0.410 e. The quantitative estimate of drug-likeness (QED) is 0.331. The van der Waals surface area contributed by atoms with Gasteiger partial charge in [0.05, 0.1) is 12.1 Å². The molecule has 0 aromatic rings. The van der Waals surface area contributed by atoms with Crippen LogP contribution in [-0.4, -0.2) is 36.2 Å². The number of ether oxygens (including phenoxy) is 1. The Hall–Kier alpha value is -1.42. The van der Waals surface area contributed by atoms with E-state index in [-0.39, 0.29) is 18.2 Å². The van der Waals surface area contributed by atoms with Crippen LogP contribution < -0.4 is 0 Å². The first kappa shape index (κ1) is 7.24. The van der Waals surface area contributed by atoms with E-state index < -0.39 is 0 Å². The predicted molar refractivity (Wildman–Crippen MR) is 39.4 cm³/mol. The Bertz CT molecular complexity index is 260. The van der Waals surface area contributed by atoms with Gasteiger partial charge in [0.2, 0.25) is 0 Å². The van der Waals surface area contributed by atoms with Crippen LogP contribution in [0, 0.1) is 0 Å². The molecule has 6 heteroatoms. The Kier molecular flexibility index (Phi) is 1.55. The van der Waals surface area contributed by atoms with Gasteiger partial charge in [-0.2, -0.15) is 0 Å². The van der Waals surface area contributed by atoms with Gasteiger partial charge in [0.15, 0.2) is 0 Å². The molecule has 2 atom stereocenters. The van der Waals surface area contributed by atoms with Crippen LogP contribution in [0.4, 0.5) is 4.79 Å². The van der Waals surface area contributed by atoms with Crippen molar-refractivity contribution < 1.29 is 9.53 Å². The fraction of sp³-hybridized carbons (Fsp3) is 0.833. The van der Waals surface area contributed by atoms with Crippen LogP contribution in [0.2, 0.25) is 0 Å². The zero-order chi connectivity index (χ0) is 8.55. The van der Waals surface area contributed by atoms with Crippen molar-refractivity contribution >= 4 is 6.09 Å². The molecule has 0 aromatic carbocycles. The molecule has 0 radical (unpaired) electrons. The third-order valence-electron chi connectivity index (χ3n) is 2.24. The second-order valence-electron chi connectivity index (χ2n) is 2.98. The minimum absolute atomic E-state index is 0.0622. The van der Waals surface area contributed by atoms with Gasteiger partial charge in [0, 0.05) is 11.5 Å². The standard InChI is InChI=1S/C6H8N4O2/c7-9-8-4-1-5-3-12-6(11)10(5)2-4/h4-5H,1-3H2/t4?,5-/m0/s1. The monoisotopic (exact) mass is 168 g/mol. The van der Waals surface area contributed by atoms with E-state index in [1.165, 1.54) is 0 Å². The van der Waals surface area contributed by atoms with E-state index in [1.54, 1.807) is 4.90 Å². The third-order valence-corrected chi connectivity index (χ3v) is 2.24. The van der Waals surface area contributed by atoms with E-state index in [9.17, 15) is 4.79 Å². The average Bonchev–Trinajstić information content (AvgIpc) is 2.55. The number of azide groups is 1. The zero-order valence-corrected chi connectivity index (χ0v) is 6.38. The molecular weight excluding hydrogens is 160 g/mol. The molecule has 1 unspecified atom stereocenters. The zero-order valence-electron chi connectivity index (χ0n) is 6.38. The molecule has 6 nitrogen and oxygen atoms in total. The van der Waals surface area contributed by atoms with Gasteiger partial charge < -0.3 is 9.64 Å². The highest BCUT2D eigenvalue weighted by molar-refractivity contribution is 5.70. The van der Waals surface area contributed by atoms with Crippen LogP contribution in [0.1, 0.15) is 6.42 Å². The number of nitrogens with zero attached hydrogens (tertiary/aromatic N) is 4. The van der Waals surface area contributed by atoms with E-state index in [2.05, 4.69) is 10.0 Å². The van der Waals surface area contributed by atoms with Crippen molar-refractivity contribution in [3.8, 4) is 0 Å². The fourth-order valence-corrected chi connectivity index (χ4v) is 1.68. The van der Waals surface area contributed by atoms with E-state index in [1.807, 2.05) is 0 Å². The number of carbonyl (C=O) groups excluding carboxylic acids is 1. The summed E-state index contributed by atoms with van der Waals surface area (Å²) in [6.45, 7) is 0.948. The lowest BCUT2D eigenvalue weighted by Gasteiger charge is -2.08. The van der Waals surface area contributed by atoms with Crippen LogP contribution in [0.15, 0.2) is 5.11 Å². The Morgan fingerprint density at radius 3 is 3.25 bits per heavy atom. The molecule has 1 amide bonds. The van der Waals surface area contributed by atoms with Gasteiger partial charge in [0.25, 0.3) is 0 Å². The highest BCUT2D eigenvalue weighted by Crippen LogP contribution is 2.25. The molecule has 64 valence electrons. The molecular formula is C6H8N4O2. The molecule has 2 rings (SSSR count). The van der Waals surface area contributed by atoms with Crippen molar-refractivity contribution in [2.75, 3.05) is 13.2 Å². The van der Waals surface area contributed by atoms with Crippen LogP contribution in [0.3, 0.4) is 0 Å². The number of hydrogen-bond donors (Lipinski definition) is 0. The van der Waals surface area contributed by atoms with Gasteiger partial charge in [-0.05, 0) is 12.0 Å². The van der Waals surface area contributed by atoms with Gasteiger partial charge in [0.1, 0.15) is 6.61 Å². The summed E-state index contributed by atoms with van der Waals surface area (Å²) < 4.78 is 4.80. The van der Waals surface area contributed by atoms with Crippen LogP contribution in [0.25, 0.3) is 10.4 Å². The first-order valence-corrected chi connectivity index (χ1v) is 3.79. The summed E-state index contributed by atoms with van der Waals surface area (Å²) in [6.07, 6.45) is 0.450. The van der Waals surface area contributed by atoms with Crippen molar-refractivity contribution in [3.05, 3.63) is 10.4 Å². The summed E-state index contributed by atoms with van der Waals surface area (Å²) >= 11 is 0. The molecule has 0 bridgehead atoms. The van der Waals surface area contributed by atoms with E-state index in [0.29, 0.717) is 13.2 Å². The molecule has 0 aromatic heterocycles. The molecule has 0 N–H and O–H groups in total. The van der Waals surface area contributed by atoms with Gasteiger partial charge in [-0.25, -0.2) is 4.79 Å². The molecule has 2 heterocycles. The van der Waals surface area contributed by atoms with Crippen molar-refractivity contribution in [1.82, 2.24) is 4.90 Å². The number of rotatable bonds is 1. The minimum Gasteiger partial charge on any atom is -0.447 e. The number of amides is 1. The van der Waals surface area contributed by atoms with Crippen LogP contribution >= 0.6 is 0 Å². The van der Waals surface area contributed by atoms with Gasteiger partial charge in [-0.3, -0.25) is 0 Å². The number of cyclic esters (lactones) is 1. The average molecular weight is 168 g/mol. The highest BCUT2D eigenvalue weighted by atomic mass is 16.6. The molecule has 2 fully saturated rings.